The fourth-order valence-electron chi connectivity index (χ4n) is 5.66. The number of nitrogens with two attached hydrogens (primary N) is 2. The molecule has 4 atom stereocenters. The number of anilines is 1. The van der Waals surface area contributed by atoms with E-state index in [4.69, 9.17) is 22.1 Å². The van der Waals surface area contributed by atoms with Crippen LogP contribution in [0.25, 0.3) is 0 Å². The maximum absolute atomic E-state index is 13.8. The Morgan fingerprint density at radius 2 is 1.91 bits per heavy atom. The van der Waals surface area contributed by atoms with Gasteiger partial charge in [0.25, 0.3) is 5.91 Å². The summed E-state index contributed by atoms with van der Waals surface area (Å²) in [6.45, 7) is 0.0807. The number of amides is 4. The molecule has 0 unspecified atom stereocenters. The number of fused-ring (bicyclic) bond motifs is 4. The standard InChI is InChI=1S/C24H23ClN4O5/c1-34-13-7-5-12(6-8-13)11-29-21(31)18-16(9-10-17(26)30)28-24(19(18)22(29)32)14-3-2-4-15(25)20(14)27-23(24)33/h2-8,16,18-19,28H,9-11H2,1H3,(H2,26,30)(H,27,33)/p+1/t16-,18-,19+,24+/m0/s1. The Morgan fingerprint density at radius 1 is 1.18 bits per heavy atom. The Morgan fingerprint density at radius 3 is 2.59 bits per heavy atom. The number of halogens is 1. The van der Waals surface area contributed by atoms with Gasteiger partial charge in [0.1, 0.15) is 23.6 Å². The zero-order valence-corrected chi connectivity index (χ0v) is 19.2. The van der Waals surface area contributed by atoms with Crippen molar-refractivity contribution in [3.63, 3.8) is 0 Å². The van der Waals surface area contributed by atoms with Crippen LogP contribution >= 0.6 is 11.6 Å². The highest BCUT2D eigenvalue weighted by atomic mass is 35.5. The van der Waals surface area contributed by atoms with Gasteiger partial charge in [-0.1, -0.05) is 29.8 Å². The van der Waals surface area contributed by atoms with Crippen LogP contribution in [-0.4, -0.2) is 41.7 Å². The third-order valence-corrected chi connectivity index (χ3v) is 7.48. The summed E-state index contributed by atoms with van der Waals surface area (Å²) in [5, 5.41) is 4.95. The van der Waals surface area contributed by atoms with Gasteiger partial charge in [0, 0.05) is 18.4 Å². The van der Waals surface area contributed by atoms with Gasteiger partial charge in [-0.2, -0.15) is 0 Å². The first-order chi connectivity index (χ1) is 16.3. The van der Waals surface area contributed by atoms with Gasteiger partial charge in [0.2, 0.25) is 23.3 Å². The largest absolute Gasteiger partial charge is 0.497 e. The fourth-order valence-corrected chi connectivity index (χ4v) is 5.88. The highest BCUT2D eigenvalue weighted by Gasteiger charge is 2.74. The molecule has 2 saturated heterocycles. The predicted molar refractivity (Wildman–Crippen MR) is 121 cm³/mol. The van der Waals surface area contributed by atoms with Crippen LogP contribution < -0.4 is 21.1 Å². The second kappa shape index (κ2) is 8.11. The molecule has 5 N–H and O–H groups in total. The average molecular weight is 484 g/mol. The molecule has 3 aliphatic heterocycles. The molecule has 2 aromatic rings. The molecule has 0 aliphatic carbocycles. The Bertz CT molecular complexity index is 1220. The summed E-state index contributed by atoms with van der Waals surface area (Å²) in [4.78, 5) is 53.5. The molecule has 0 saturated carbocycles. The molecule has 34 heavy (non-hydrogen) atoms. The van der Waals surface area contributed by atoms with Crippen LogP contribution in [0.15, 0.2) is 42.5 Å². The van der Waals surface area contributed by atoms with E-state index in [2.05, 4.69) is 5.32 Å². The zero-order chi connectivity index (χ0) is 24.2. The van der Waals surface area contributed by atoms with Crippen LogP contribution in [0.1, 0.15) is 24.0 Å². The Kier molecular flexibility index (Phi) is 5.33. The number of benzene rings is 2. The van der Waals surface area contributed by atoms with E-state index in [1.807, 2.05) is 0 Å². The number of carbonyl (C=O) groups excluding carboxylic acids is 4. The van der Waals surface area contributed by atoms with Crippen LogP contribution in [0.2, 0.25) is 5.02 Å². The summed E-state index contributed by atoms with van der Waals surface area (Å²) >= 11 is 6.34. The van der Waals surface area contributed by atoms with E-state index in [9.17, 15) is 19.2 Å². The van der Waals surface area contributed by atoms with Crippen LogP contribution in [0.5, 0.6) is 5.75 Å². The predicted octanol–water partition coefficient (Wildman–Crippen LogP) is 0.509. The molecule has 4 amide bonds. The van der Waals surface area contributed by atoms with E-state index < -0.39 is 35.2 Å². The minimum atomic E-state index is -1.34. The van der Waals surface area contributed by atoms with Crippen molar-refractivity contribution >= 4 is 40.9 Å². The van der Waals surface area contributed by atoms with Gasteiger partial charge >= 0.3 is 0 Å². The van der Waals surface area contributed by atoms with Crippen LogP contribution in [0, 0.1) is 11.8 Å². The Balaban J connectivity index is 1.56. The first-order valence-corrected chi connectivity index (χ1v) is 11.4. The number of hydrogen-bond donors (Lipinski definition) is 3. The number of nitrogens with zero attached hydrogens (tertiary/aromatic N) is 1. The summed E-state index contributed by atoms with van der Waals surface area (Å²) in [5.74, 6) is -2.67. The molecule has 176 valence electrons. The fraction of sp³-hybridized carbons (Fsp3) is 0.333. The van der Waals surface area contributed by atoms with Crippen molar-refractivity contribution in [2.75, 3.05) is 12.4 Å². The molecule has 0 bridgehead atoms. The van der Waals surface area contributed by atoms with Crippen LogP contribution in [-0.2, 0) is 31.3 Å². The lowest BCUT2D eigenvalue weighted by molar-refractivity contribution is -0.734. The van der Waals surface area contributed by atoms with E-state index >= 15 is 0 Å². The second-order valence-corrected chi connectivity index (χ2v) is 9.34. The molecule has 1 spiro atoms. The molecular formula is C24H24ClN4O5+. The van der Waals surface area contributed by atoms with Crippen molar-refractivity contribution in [1.82, 2.24) is 4.90 Å². The van der Waals surface area contributed by atoms with E-state index in [-0.39, 0.29) is 31.2 Å². The highest BCUT2D eigenvalue weighted by Crippen LogP contribution is 2.51. The zero-order valence-electron chi connectivity index (χ0n) is 18.4. The summed E-state index contributed by atoms with van der Waals surface area (Å²) in [6.07, 6.45) is 0.321. The number of likely N-dealkylation sites (tertiary alicyclic amines) is 1. The van der Waals surface area contributed by atoms with Gasteiger partial charge in [-0.05, 0) is 29.8 Å². The Hall–Kier alpha value is -3.43. The smallest absolute Gasteiger partial charge is 0.291 e. The van der Waals surface area contributed by atoms with Crippen molar-refractivity contribution in [3.8, 4) is 5.75 Å². The number of hydrogen-bond acceptors (Lipinski definition) is 5. The lowest BCUT2D eigenvalue weighted by Gasteiger charge is -2.26. The molecule has 0 aromatic heterocycles. The molecule has 2 fully saturated rings. The topological polar surface area (TPSA) is 135 Å². The van der Waals surface area contributed by atoms with Gasteiger partial charge in [0.15, 0.2) is 0 Å². The molecule has 3 heterocycles. The van der Waals surface area contributed by atoms with Gasteiger partial charge in [0.05, 0.1) is 24.4 Å². The molecular weight excluding hydrogens is 460 g/mol. The van der Waals surface area contributed by atoms with Crippen molar-refractivity contribution in [2.24, 2.45) is 17.6 Å². The number of nitrogens with one attached hydrogen (secondary N) is 1. The number of imide groups is 1. The normalized spacial score (nSPS) is 27.2. The van der Waals surface area contributed by atoms with Gasteiger partial charge in [-0.15, -0.1) is 0 Å². The quantitative estimate of drug-likeness (QED) is 0.514. The van der Waals surface area contributed by atoms with Crippen molar-refractivity contribution < 1.29 is 29.2 Å². The van der Waals surface area contributed by atoms with Gasteiger partial charge in [-0.25, -0.2) is 0 Å². The van der Waals surface area contributed by atoms with E-state index in [0.717, 1.165) is 5.56 Å². The van der Waals surface area contributed by atoms with Crippen LogP contribution in [0.3, 0.4) is 0 Å². The molecule has 2 aromatic carbocycles. The average Bonchev–Trinajstić information content (AvgIpc) is 3.40. The minimum Gasteiger partial charge on any atom is -0.497 e. The van der Waals surface area contributed by atoms with Crippen LogP contribution in [0.4, 0.5) is 5.69 Å². The lowest BCUT2D eigenvalue weighted by Crippen LogP contribution is -2.99. The number of ether oxygens (including phenoxy) is 1. The molecule has 3 aliphatic rings. The number of primary amides is 1. The summed E-state index contributed by atoms with van der Waals surface area (Å²) in [6, 6.07) is 11.8. The third-order valence-electron chi connectivity index (χ3n) is 7.17. The number of para-hydroxylation sites is 1. The van der Waals surface area contributed by atoms with Gasteiger partial charge < -0.3 is 21.1 Å². The first-order valence-electron chi connectivity index (χ1n) is 11.0. The number of rotatable bonds is 6. The molecule has 5 rings (SSSR count). The summed E-state index contributed by atoms with van der Waals surface area (Å²) in [5.41, 5.74) is 5.82. The van der Waals surface area contributed by atoms with Crippen molar-refractivity contribution in [3.05, 3.63) is 58.6 Å². The molecule has 9 nitrogen and oxygen atoms in total. The summed E-state index contributed by atoms with van der Waals surface area (Å²) < 4.78 is 5.18. The Labute approximate surface area is 200 Å². The minimum absolute atomic E-state index is 0.0461. The first kappa shape index (κ1) is 22.4. The monoisotopic (exact) mass is 483 g/mol. The van der Waals surface area contributed by atoms with Crippen molar-refractivity contribution in [1.29, 1.82) is 0 Å². The maximum atomic E-state index is 13.8. The SMILES string of the molecule is COc1ccc(CN2C(=O)[C@H]3[C@H](CCC(N)=O)[NH2+][C@@]4(C(=O)Nc5c(Cl)cccc54)[C@H]3C2=O)cc1. The van der Waals surface area contributed by atoms with E-state index in [0.29, 0.717) is 22.0 Å². The third kappa shape index (κ3) is 3.19. The second-order valence-electron chi connectivity index (χ2n) is 8.94. The van der Waals surface area contributed by atoms with E-state index in [1.54, 1.807) is 54.9 Å². The summed E-state index contributed by atoms with van der Waals surface area (Å²) in [7, 11) is 1.56. The number of methoxy groups -OCH3 is 1. The van der Waals surface area contributed by atoms with Gasteiger partial charge in [-0.3, -0.25) is 24.1 Å². The van der Waals surface area contributed by atoms with E-state index in [1.165, 1.54) is 4.90 Å². The molecule has 10 heteroatoms. The number of carbonyl (C=O) groups is 4. The maximum Gasteiger partial charge on any atom is 0.291 e. The lowest BCUT2D eigenvalue weighted by atomic mass is 9.76. The molecule has 0 radical (unpaired) electrons. The number of quaternary nitrogens is 1. The highest BCUT2D eigenvalue weighted by molar-refractivity contribution is 6.35. The van der Waals surface area contributed by atoms with Crippen molar-refractivity contribution in [2.45, 2.75) is 31.0 Å².